The molecule has 1 aromatic rings. The lowest BCUT2D eigenvalue weighted by molar-refractivity contribution is -0.124. The largest absolute Gasteiger partial charge is 0.381 e. The van der Waals surface area contributed by atoms with Crippen LogP contribution in [0.4, 0.5) is 5.69 Å². The van der Waals surface area contributed by atoms with Gasteiger partial charge in [0.15, 0.2) is 0 Å². The molecular weight excluding hydrogens is 320 g/mol. The van der Waals surface area contributed by atoms with Crippen LogP contribution in [0.25, 0.3) is 0 Å². The monoisotopic (exact) mass is 332 g/mol. The Labute approximate surface area is 119 Å². The molecule has 0 radical (unpaired) electrons. The summed E-state index contributed by atoms with van der Waals surface area (Å²) in [7, 11) is 0. The van der Waals surface area contributed by atoms with E-state index in [1.54, 1.807) is 18.2 Å². The van der Waals surface area contributed by atoms with Crippen molar-refractivity contribution in [1.29, 1.82) is 0 Å². The molecule has 1 fully saturated rings. The summed E-state index contributed by atoms with van der Waals surface area (Å²) in [4.78, 5) is 12.2. The predicted molar refractivity (Wildman–Crippen MR) is 74.8 cm³/mol. The van der Waals surface area contributed by atoms with Crippen LogP contribution in [0.2, 0.25) is 5.02 Å². The zero-order valence-corrected chi connectivity index (χ0v) is 12.1. The number of hydrogen-bond donors (Lipinski definition) is 2. The van der Waals surface area contributed by atoms with Crippen molar-refractivity contribution in [3.63, 3.8) is 0 Å². The second-order valence-corrected chi connectivity index (χ2v) is 5.64. The molecule has 0 aromatic heterocycles. The number of hydrogen-bond acceptors (Lipinski definition) is 3. The van der Waals surface area contributed by atoms with Crippen molar-refractivity contribution in [2.24, 2.45) is 5.73 Å². The molecule has 0 spiro atoms. The minimum Gasteiger partial charge on any atom is -0.381 e. The van der Waals surface area contributed by atoms with Crippen LogP contribution in [0, 0.1) is 0 Å². The number of carbonyl (C=O) groups excluding carboxylic acids is 1. The van der Waals surface area contributed by atoms with Crippen LogP contribution < -0.4 is 11.1 Å². The maximum Gasteiger partial charge on any atom is 0.244 e. The molecular formula is C12H14BrClN2O2. The Hall–Kier alpha value is -0.620. The lowest BCUT2D eigenvalue weighted by Crippen LogP contribution is -2.54. The summed E-state index contributed by atoms with van der Waals surface area (Å²) in [6, 6.07) is 5.21. The molecule has 1 saturated heterocycles. The molecule has 1 heterocycles. The van der Waals surface area contributed by atoms with Gasteiger partial charge in [-0.3, -0.25) is 4.79 Å². The smallest absolute Gasteiger partial charge is 0.244 e. The van der Waals surface area contributed by atoms with Crippen molar-refractivity contribution in [3.05, 3.63) is 27.7 Å². The van der Waals surface area contributed by atoms with Crippen LogP contribution in [0.15, 0.2) is 22.7 Å². The van der Waals surface area contributed by atoms with E-state index in [1.807, 2.05) is 0 Å². The lowest BCUT2D eigenvalue weighted by atomic mass is 9.90. The van der Waals surface area contributed by atoms with Crippen molar-refractivity contribution < 1.29 is 9.53 Å². The van der Waals surface area contributed by atoms with Gasteiger partial charge in [-0.05, 0) is 47.0 Å². The van der Waals surface area contributed by atoms with Gasteiger partial charge < -0.3 is 15.8 Å². The van der Waals surface area contributed by atoms with Gasteiger partial charge in [-0.2, -0.15) is 0 Å². The van der Waals surface area contributed by atoms with Gasteiger partial charge in [-0.25, -0.2) is 0 Å². The number of ether oxygens (including phenoxy) is 1. The van der Waals surface area contributed by atoms with Gasteiger partial charge in [-0.1, -0.05) is 11.6 Å². The molecule has 98 valence electrons. The Bertz CT molecular complexity index is 461. The van der Waals surface area contributed by atoms with Crippen molar-refractivity contribution in [3.8, 4) is 0 Å². The first-order valence-corrected chi connectivity index (χ1v) is 6.81. The average molecular weight is 334 g/mol. The Morgan fingerprint density at radius 2 is 2.11 bits per heavy atom. The summed E-state index contributed by atoms with van der Waals surface area (Å²) in [5, 5.41) is 3.37. The van der Waals surface area contributed by atoms with Crippen LogP contribution in [0.3, 0.4) is 0 Å². The second kappa shape index (κ2) is 5.57. The molecule has 3 N–H and O–H groups in total. The summed E-state index contributed by atoms with van der Waals surface area (Å²) >= 11 is 9.26. The highest BCUT2D eigenvalue weighted by Gasteiger charge is 2.36. The molecule has 6 heteroatoms. The zero-order chi connectivity index (χ0) is 13.2. The number of benzene rings is 1. The Morgan fingerprint density at radius 1 is 1.44 bits per heavy atom. The second-order valence-electron chi connectivity index (χ2n) is 4.35. The maximum atomic E-state index is 12.2. The fourth-order valence-electron chi connectivity index (χ4n) is 1.80. The minimum atomic E-state index is -0.861. The van der Waals surface area contributed by atoms with E-state index >= 15 is 0 Å². The van der Waals surface area contributed by atoms with Crippen LogP contribution in [-0.2, 0) is 9.53 Å². The third kappa shape index (κ3) is 3.03. The van der Waals surface area contributed by atoms with E-state index < -0.39 is 5.54 Å². The van der Waals surface area contributed by atoms with Gasteiger partial charge in [-0.15, -0.1) is 0 Å². The molecule has 4 nitrogen and oxygen atoms in total. The molecule has 1 amide bonds. The van der Waals surface area contributed by atoms with E-state index in [2.05, 4.69) is 21.2 Å². The molecule has 0 unspecified atom stereocenters. The molecule has 18 heavy (non-hydrogen) atoms. The first-order valence-electron chi connectivity index (χ1n) is 5.64. The highest BCUT2D eigenvalue weighted by atomic mass is 79.9. The number of carbonyl (C=O) groups is 1. The quantitative estimate of drug-likeness (QED) is 0.874. The van der Waals surface area contributed by atoms with Crippen LogP contribution in [0.5, 0.6) is 0 Å². The number of nitrogens with two attached hydrogens (primary N) is 1. The predicted octanol–water partition coefficient (Wildman–Crippen LogP) is 2.55. The van der Waals surface area contributed by atoms with Crippen LogP contribution in [0.1, 0.15) is 12.8 Å². The summed E-state index contributed by atoms with van der Waals surface area (Å²) in [5.41, 5.74) is 5.87. The van der Waals surface area contributed by atoms with Crippen molar-refractivity contribution in [2.45, 2.75) is 18.4 Å². The van der Waals surface area contributed by atoms with Gasteiger partial charge >= 0.3 is 0 Å². The van der Waals surface area contributed by atoms with Gasteiger partial charge in [0.2, 0.25) is 5.91 Å². The van der Waals surface area contributed by atoms with E-state index in [0.29, 0.717) is 36.8 Å². The number of nitrogens with one attached hydrogen (secondary N) is 1. The normalized spacial score (nSPS) is 18.4. The maximum absolute atomic E-state index is 12.2. The van der Waals surface area contributed by atoms with Gasteiger partial charge in [0.05, 0.1) is 5.69 Å². The first-order chi connectivity index (χ1) is 8.51. The summed E-state index contributed by atoms with van der Waals surface area (Å²) < 4.78 is 5.99. The standard InChI is InChI=1S/C12H14BrClN2O2/c13-9-2-1-8(14)7-10(9)16-11(17)12(15)3-5-18-6-4-12/h1-2,7H,3-6,15H2,(H,16,17). The van der Waals surface area contributed by atoms with Crippen molar-refractivity contribution >= 4 is 39.1 Å². The van der Waals surface area contributed by atoms with Crippen LogP contribution in [-0.4, -0.2) is 24.7 Å². The topological polar surface area (TPSA) is 64.4 Å². The third-order valence-electron chi connectivity index (χ3n) is 3.01. The number of halogens is 2. The molecule has 0 atom stereocenters. The van der Waals surface area contributed by atoms with E-state index in [4.69, 9.17) is 22.1 Å². The average Bonchev–Trinajstić information content (AvgIpc) is 2.35. The number of amides is 1. The van der Waals surface area contributed by atoms with Crippen molar-refractivity contribution in [1.82, 2.24) is 0 Å². The lowest BCUT2D eigenvalue weighted by Gasteiger charge is -2.31. The fourth-order valence-corrected chi connectivity index (χ4v) is 2.32. The molecule has 0 saturated carbocycles. The molecule has 1 aliphatic heterocycles. The first kappa shape index (κ1) is 13.8. The molecule has 1 aliphatic rings. The van der Waals surface area contributed by atoms with Gasteiger partial charge in [0, 0.05) is 22.7 Å². The third-order valence-corrected chi connectivity index (χ3v) is 3.94. The van der Waals surface area contributed by atoms with Crippen LogP contribution >= 0.6 is 27.5 Å². The zero-order valence-electron chi connectivity index (χ0n) is 9.71. The highest BCUT2D eigenvalue weighted by molar-refractivity contribution is 9.10. The van der Waals surface area contributed by atoms with Gasteiger partial charge in [0.1, 0.15) is 5.54 Å². The van der Waals surface area contributed by atoms with Crippen molar-refractivity contribution in [2.75, 3.05) is 18.5 Å². The highest BCUT2D eigenvalue weighted by Crippen LogP contribution is 2.27. The Balaban J connectivity index is 2.13. The SMILES string of the molecule is NC1(C(=O)Nc2cc(Cl)ccc2Br)CCOCC1. The molecule has 0 aliphatic carbocycles. The fraction of sp³-hybridized carbons (Fsp3) is 0.417. The van der Waals surface area contributed by atoms with E-state index in [-0.39, 0.29) is 5.91 Å². The number of anilines is 1. The Kier molecular flexibility index (Phi) is 4.27. The summed E-state index contributed by atoms with van der Waals surface area (Å²) in [5.74, 6) is -0.200. The van der Waals surface area contributed by atoms with E-state index in [9.17, 15) is 4.79 Å². The molecule has 1 aromatic carbocycles. The minimum absolute atomic E-state index is 0.200. The van der Waals surface area contributed by atoms with Gasteiger partial charge in [0.25, 0.3) is 0 Å². The number of rotatable bonds is 2. The Morgan fingerprint density at radius 3 is 2.78 bits per heavy atom. The van der Waals surface area contributed by atoms with E-state index in [0.717, 1.165) is 4.47 Å². The molecule has 0 bridgehead atoms. The summed E-state index contributed by atoms with van der Waals surface area (Å²) in [6.07, 6.45) is 1.05. The van der Waals surface area contributed by atoms with E-state index in [1.165, 1.54) is 0 Å². The molecule has 2 rings (SSSR count). The summed E-state index contributed by atoms with van der Waals surface area (Å²) in [6.45, 7) is 1.03.